The minimum Gasteiger partial charge on any atom is -0.0617 e. The van der Waals surface area contributed by atoms with Crippen LogP contribution in [0.3, 0.4) is 0 Å². The Bertz CT molecular complexity index is 2880. The van der Waals surface area contributed by atoms with Crippen LogP contribution in [0.25, 0.3) is 97.3 Å². The van der Waals surface area contributed by atoms with E-state index in [0.29, 0.717) is 17.5 Å². The Kier molecular flexibility index (Phi) is 7.16. The van der Waals surface area contributed by atoms with Gasteiger partial charge in [-0.3, -0.25) is 0 Å². The predicted molar refractivity (Wildman–Crippen MR) is 214 cm³/mol. The fraction of sp³-hybridized carbons (Fsp3) is 0. The maximum absolute atomic E-state index is 5.23. The van der Waals surface area contributed by atoms with Gasteiger partial charge in [0.25, 0.3) is 0 Å². The van der Waals surface area contributed by atoms with E-state index in [2.05, 4.69) is 152 Å². The molecule has 238 valence electrons. The molecular weight excluding hydrogens is 685 g/mol. The van der Waals surface area contributed by atoms with Crippen LogP contribution >= 0.6 is 0 Å². The molecule has 4 heteroatoms. The van der Waals surface area contributed by atoms with Gasteiger partial charge in [-0.05, 0) is 0 Å². The zero-order valence-corrected chi connectivity index (χ0v) is 29.2. The Balaban J connectivity index is 1.23. The van der Waals surface area contributed by atoms with Gasteiger partial charge in [0.05, 0.1) is 0 Å². The molecule has 0 atom stereocenters. The second-order valence-corrected chi connectivity index (χ2v) is 14.9. The zero-order chi connectivity index (χ0) is 33.7. The molecule has 0 aliphatic rings. The number of fused-ring (bicyclic) bond motifs is 7. The van der Waals surface area contributed by atoms with E-state index in [0.717, 1.165) is 22.3 Å². The molecule has 0 aliphatic carbocycles. The van der Waals surface area contributed by atoms with Crippen molar-refractivity contribution in [3.05, 3.63) is 176 Å². The van der Waals surface area contributed by atoms with Crippen LogP contribution in [0.2, 0.25) is 0 Å². The van der Waals surface area contributed by atoms with Crippen LogP contribution in [-0.2, 0) is 0 Å². The first-order chi connectivity index (χ1) is 25.3. The van der Waals surface area contributed by atoms with Crippen LogP contribution in [0.1, 0.15) is 0 Å². The number of aromatic nitrogens is 3. The second-order valence-electron chi connectivity index (χ2n) is 12.8. The van der Waals surface area contributed by atoms with Crippen molar-refractivity contribution in [2.45, 2.75) is 0 Å². The van der Waals surface area contributed by atoms with Crippen LogP contribution in [0.4, 0.5) is 0 Å². The van der Waals surface area contributed by atoms with E-state index in [9.17, 15) is 0 Å². The average Bonchev–Trinajstić information content (AvgIpc) is 3.60. The predicted octanol–water partition coefficient (Wildman–Crippen LogP) is 11.9. The van der Waals surface area contributed by atoms with Gasteiger partial charge in [0.15, 0.2) is 0 Å². The van der Waals surface area contributed by atoms with Gasteiger partial charge in [-0.25, -0.2) is 0 Å². The second kappa shape index (κ2) is 12.3. The molecule has 2 heterocycles. The summed E-state index contributed by atoms with van der Waals surface area (Å²) in [5.41, 5.74) is 7.86. The SMILES string of the molecule is c1ccc(-c2ccc(-c3nc(-c4ccccc4)nc(-c4cc5ccccc5c5c4ccc4c6cccc(-c7ccccc7)c6[se]c45)n3)cc2)cc1. The van der Waals surface area contributed by atoms with Gasteiger partial charge in [0.2, 0.25) is 0 Å². The van der Waals surface area contributed by atoms with E-state index in [1.54, 1.807) is 0 Å². The summed E-state index contributed by atoms with van der Waals surface area (Å²) in [5, 5.41) is 7.58. The fourth-order valence-corrected chi connectivity index (χ4v) is 10.2. The van der Waals surface area contributed by atoms with E-state index in [1.165, 1.54) is 57.5 Å². The van der Waals surface area contributed by atoms with Crippen molar-refractivity contribution < 1.29 is 0 Å². The summed E-state index contributed by atoms with van der Waals surface area (Å²) in [7, 11) is 0. The average molecular weight is 715 g/mol. The fourth-order valence-electron chi connectivity index (χ4n) is 7.25. The van der Waals surface area contributed by atoms with Crippen molar-refractivity contribution in [1.82, 2.24) is 15.0 Å². The summed E-state index contributed by atoms with van der Waals surface area (Å²) in [6.07, 6.45) is 0. The third-order valence-electron chi connectivity index (χ3n) is 9.73. The first kappa shape index (κ1) is 29.7. The maximum atomic E-state index is 5.23. The molecule has 0 spiro atoms. The van der Waals surface area contributed by atoms with Crippen LogP contribution < -0.4 is 0 Å². The quantitative estimate of drug-likeness (QED) is 0.132. The van der Waals surface area contributed by atoms with Gasteiger partial charge in [0, 0.05) is 0 Å². The largest absolute Gasteiger partial charge is 0.0617 e. The maximum Gasteiger partial charge on any atom is -0.0544 e. The van der Waals surface area contributed by atoms with Crippen molar-refractivity contribution in [3.63, 3.8) is 0 Å². The Morgan fingerprint density at radius 2 is 0.824 bits per heavy atom. The number of hydrogen-bond acceptors (Lipinski definition) is 3. The summed E-state index contributed by atoms with van der Waals surface area (Å²) in [5.74, 6) is 1.99. The van der Waals surface area contributed by atoms with Gasteiger partial charge >= 0.3 is 272 Å². The standard InChI is InChI=1S/C47H29N3Se/c1-4-13-30(14-5-1)31-23-25-34(26-24-31)46-48-45(33-17-8-3-9-18-33)49-47(50-46)41-29-35-19-10-11-20-36(35)42-38(41)27-28-40-39-22-12-21-37(43(39)51-44(40)42)32-15-6-2-7-16-32/h1-29H. The molecule has 10 aromatic rings. The van der Waals surface area contributed by atoms with E-state index in [-0.39, 0.29) is 14.5 Å². The molecule has 0 saturated heterocycles. The Morgan fingerprint density at radius 1 is 0.314 bits per heavy atom. The van der Waals surface area contributed by atoms with Crippen LogP contribution in [0.5, 0.6) is 0 Å². The van der Waals surface area contributed by atoms with Crippen molar-refractivity contribution in [2.24, 2.45) is 0 Å². The molecule has 10 rings (SSSR count). The van der Waals surface area contributed by atoms with Crippen molar-refractivity contribution in [1.29, 1.82) is 0 Å². The molecular formula is C47H29N3Se. The van der Waals surface area contributed by atoms with Crippen LogP contribution in [0.15, 0.2) is 176 Å². The van der Waals surface area contributed by atoms with E-state index < -0.39 is 0 Å². The number of benzene rings is 8. The van der Waals surface area contributed by atoms with E-state index >= 15 is 0 Å². The van der Waals surface area contributed by atoms with Gasteiger partial charge < -0.3 is 0 Å². The smallest absolute Gasteiger partial charge is 0.0544 e. The van der Waals surface area contributed by atoms with Gasteiger partial charge in [-0.2, -0.15) is 0 Å². The Hall–Kier alpha value is -6.19. The first-order valence-corrected chi connectivity index (χ1v) is 18.8. The van der Waals surface area contributed by atoms with Crippen molar-refractivity contribution >= 4 is 55.3 Å². The summed E-state index contributed by atoms with van der Waals surface area (Å²) >= 11 is 0.109. The van der Waals surface area contributed by atoms with Crippen molar-refractivity contribution in [3.8, 4) is 56.4 Å². The Labute approximate surface area is 301 Å². The summed E-state index contributed by atoms with van der Waals surface area (Å²) in [6, 6.07) is 62.4. The minimum atomic E-state index is 0.109. The van der Waals surface area contributed by atoms with E-state index in [1.807, 2.05) is 24.3 Å². The first-order valence-electron chi connectivity index (χ1n) is 17.1. The summed E-state index contributed by atoms with van der Waals surface area (Å²) in [6.45, 7) is 0. The molecule has 3 nitrogen and oxygen atoms in total. The molecule has 0 amide bonds. The third-order valence-corrected chi connectivity index (χ3v) is 12.4. The molecule has 0 saturated carbocycles. The molecule has 0 fully saturated rings. The van der Waals surface area contributed by atoms with Crippen LogP contribution in [-0.4, -0.2) is 29.5 Å². The topological polar surface area (TPSA) is 38.7 Å². The minimum absolute atomic E-state index is 0.109. The molecule has 8 aromatic carbocycles. The number of rotatable bonds is 5. The summed E-state index contributed by atoms with van der Waals surface area (Å²) in [4.78, 5) is 15.5. The van der Waals surface area contributed by atoms with Gasteiger partial charge in [-0.1, -0.05) is 30.3 Å². The molecule has 0 radical (unpaired) electrons. The van der Waals surface area contributed by atoms with Crippen molar-refractivity contribution in [2.75, 3.05) is 0 Å². The Morgan fingerprint density at radius 3 is 1.55 bits per heavy atom. The van der Waals surface area contributed by atoms with Gasteiger partial charge in [-0.15, -0.1) is 0 Å². The molecule has 0 N–H and O–H groups in total. The molecule has 2 aromatic heterocycles. The summed E-state index contributed by atoms with van der Waals surface area (Å²) < 4.78 is 2.87. The van der Waals surface area contributed by atoms with Gasteiger partial charge in [0.1, 0.15) is 0 Å². The zero-order valence-electron chi connectivity index (χ0n) is 27.5. The molecule has 0 unspecified atom stereocenters. The van der Waals surface area contributed by atoms with Crippen LogP contribution in [0, 0.1) is 0 Å². The monoisotopic (exact) mass is 715 g/mol. The van der Waals surface area contributed by atoms with E-state index in [4.69, 9.17) is 15.0 Å². The number of nitrogens with zero attached hydrogens (tertiary/aromatic N) is 3. The molecule has 0 bridgehead atoms. The molecule has 51 heavy (non-hydrogen) atoms. The third kappa shape index (κ3) is 5.16. The number of hydrogen-bond donors (Lipinski definition) is 0. The molecule has 0 aliphatic heterocycles. The normalized spacial score (nSPS) is 11.5.